The van der Waals surface area contributed by atoms with Crippen LogP contribution in [0.4, 0.5) is 5.69 Å². The molecule has 4 N–H and O–H groups in total. The SMILES string of the molecule is CC(C)c1ccc(/C(N)=C/N(N)c2ccccc2)cc1. The van der Waals surface area contributed by atoms with Gasteiger partial charge in [-0.25, -0.2) is 5.84 Å². The molecule has 0 aliphatic rings. The van der Waals surface area contributed by atoms with Crippen LogP contribution < -0.4 is 16.6 Å². The van der Waals surface area contributed by atoms with Crippen LogP contribution in [0.15, 0.2) is 60.8 Å². The van der Waals surface area contributed by atoms with E-state index in [2.05, 4.69) is 26.0 Å². The molecule has 3 heteroatoms. The second-order valence-corrected chi connectivity index (χ2v) is 5.10. The first-order chi connectivity index (χ1) is 9.58. The number of anilines is 1. The fourth-order valence-corrected chi connectivity index (χ4v) is 1.96. The van der Waals surface area contributed by atoms with Crippen molar-refractivity contribution in [3.63, 3.8) is 0 Å². The van der Waals surface area contributed by atoms with Gasteiger partial charge in [0.2, 0.25) is 0 Å². The lowest BCUT2D eigenvalue weighted by atomic mass is 10.0. The Morgan fingerprint density at radius 1 is 1.00 bits per heavy atom. The van der Waals surface area contributed by atoms with Gasteiger partial charge in [0.25, 0.3) is 0 Å². The third-order valence-electron chi connectivity index (χ3n) is 3.24. The Labute approximate surface area is 120 Å². The van der Waals surface area contributed by atoms with E-state index >= 15 is 0 Å². The summed E-state index contributed by atoms with van der Waals surface area (Å²) in [5.41, 5.74) is 9.91. The summed E-state index contributed by atoms with van der Waals surface area (Å²) in [5, 5.41) is 1.53. The van der Waals surface area contributed by atoms with Gasteiger partial charge in [0.1, 0.15) is 0 Å². The van der Waals surface area contributed by atoms with Crippen molar-refractivity contribution in [1.29, 1.82) is 0 Å². The fraction of sp³-hybridized carbons (Fsp3) is 0.176. The van der Waals surface area contributed by atoms with Crippen LogP contribution in [-0.4, -0.2) is 0 Å². The molecule has 0 amide bonds. The first kappa shape index (κ1) is 14.2. The minimum atomic E-state index is 0.518. The molecule has 2 rings (SSSR count). The molecule has 3 nitrogen and oxygen atoms in total. The van der Waals surface area contributed by atoms with E-state index in [9.17, 15) is 0 Å². The van der Waals surface area contributed by atoms with Crippen molar-refractivity contribution in [2.45, 2.75) is 19.8 Å². The van der Waals surface area contributed by atoms with Gasteiger partial charge in [-0.2, -0.15) is 0 Å². The zero-order chi connectivity index (χ0) is 14.5. The Balaban J connectivity index is 2.18. The second-order valence-electron chi connectivity index (χ2n) is 5.10. The highest BCUT2D eigenvalue weighted by molar-refractivity contribution is 5.66. The summed E-state index contributed by atoms with van der Waals surface area (Å²) < 4.78 is 0. The lowest BCUT2D eigenvalue weighted by molar-refractivity contribution is 0.866. The molecule has 2 aromatic rings. The molecule has 0 atom stereocenters. The summed E-state index contributed by atoms with van der Waals surface area (Å²) in [7, 11) is 0. The van der Waals surface area contributed by atoms with E-state index in [0.717, 1.165) is 11.3 Å². The van der Waals surface area contributed by atoms with Crippen LogP contribution in [0.1, 0.15) is 30.9 Å². The molecule has 0 fully saturated rings. The third kappa shape index (κ3) is 3.39. The highest BCUT2D eigenvalue weighted by Gasteiger charge is 2.03. The second kappa shape index (κ2) is 6.26. The van der Waals surface area contributed by atoms with E-state index in [-0.39, 0.29) is 0 Å². The Bertz CT molecular complexity index is 571. The van der Waals surface area contributed by atoms with Gasteiger partial charge in [0.05, 0.1) is 11.4 Å². The molecule has 20 heavy (non-hydrogen) atoms. The first-order valence-corrected chi connectivity index (χ1v) is 6.74. The van der Waals surface area contributed by atoms with Crippen LogP contribution in [-0.2, 0) is 0 Å². The molecule has 0 aliphatic carbocycles. The molecule has 2 aromatic carbocycles. The van der Waals surface area contributed by atoms with Crippen molar-refractivity contribution in [3.8, 4) is 0 Å². The van der Waals surface area contributed by atoms with Gasteiger partial charge in [-0.05, 0) is 29.2 Å². The first-order valence-electron chi connectivity index (χ1n) is 6.74. The molecule has 0 saturated carbocycles. The lowest BCUT2D eigenvalue weighted by Gasteiger charge is -2.15. The van der Waals surface area contributed by atoms with Crippen molar-refractivity contribution in [2.24, 2.45) is 11.6 Å². The number of para-hydroxylation sites is 1. The van der Waals surface area contributed by atoms with Crippen LogP contribution in [0.2, 0.25) is 0 Å². The quantitative estimate of drug-likeness (QED) is 0.659. The smallest absolute Gasteiger partial charge is 0.0569 e. The predicted octanol–water partition coefficient (Wildman–Crippen LogP) is 3.45. The zero-order valence-electron chi connectivity index (χ0n) is 12.0. The van der Waals surface area contributed by atoms with Crippen molar-refractivity contribution in [1.82, 2.24) is 0 Å². The van der Waals surface area contributed by atoms with Crippen molar-refractivity contribution < 1.29 is 0 Å². The Morgan fingerprint density at radius 3 is 2.15 bits per heavy atom. The van der Waals surface area contributed by atoms with E-state index in [1.165, 1.54) is 10.6 Å². The minimum Gasteiger partial charge on any atom is -0.397 e. The molecular formula is C17H21N3. The Kier molecular flexibility index (Phi) is 4.43. The lowest BCUT2D eigenvalue weighted by Crippen LogP contribution is -2.25. The largest absolute Gasteiger partial charge is 0.397 e. The monoisotopic (exact) mass is 267 g/mol. The van der Waals surface area contributed by atoms with E-state index in [1.54, 1.807) is 6.20 Å². The van der Waals surface area contributed by atoms with Crippen LogP contribution in [0.25, 0.3) is 5.70 Å². The number of hydrogen-bond donors (Lipinski definition) is 2. The maximum absolute atomic E-state index is 6.10. The molecule has 0 radical (unpaired) electrons. The highest BCUT2D eigenvalue weighted by atomic mass is 15.4. The van der Waals surface area contributed by atoms with E-state index in [4.69, 9.17) is 11.6 Å². The number of nitrogens with two attached hydrogens (primary N) is 2. The van der Waals surface area contributed by atoms with Gasteiger partial charge in [0, 0.05) is 6.20 Å². The molecule has 104 valence electrons. The summed E-state index contributed by atoms with van der Waals surface area (Å²) >= 11 is 0. The number of nitrogens with zero attached hydrogens (tertiary/aromatic N) is 1. The Hall–Kier alpha value is -2.26. The van der Waals surface area contributed by atoms with Gasteiger partial charge in [0.15, 0.2) is 0 Å². The summed E-state index contributed by atoms with van der Waals surface area (Å²) in [6.07, 6.45) is 1.74. The van der Waals surface area contributed by atoms with Crippen molar-refractivity contribution >= 4 is 11.4 Å². The summed E-state index contributed by atoms with van der Waals surface area (Å²) in [6, 6.07) is 18.0. The molecule has 0 aliphatic heterocycles. The van der Waals surface area contributed by atoms with Crippen molar-refractivity contribution in [2.75, 3.05) is 5.01 Å². The third-order valence-corrected chi connectivity index (χ3v) is 3.24. The zero-order valence-corrected chi connectivity index (χ0v) is 12.0. The molecule has 0 bridgehead atoms. The van der Waals surface area contributed by atoms with Crippen LogP contribution in [0.5, 0.6) is 0 Å². The maximum atomic E-state index is 6.10. The van der Waals surface area contributed by atoms with Gasteiger partial charge in [-0.3, -0.25) is 5.01 Å². The predicted molar refractivity (Wildman–Crippen MR) is 85.8 cm³/mol. The standard InChI is InChI=1S/C17H21N3/c1-13(2)14-8-10-15(11-9-14)17(18)12-20(19)16-6-4-3-5-7-16/h3-13H,18-19H2,1-2H3/b17-12-. The Morgan fingerprint density at radius 2 is 1.60 bits per heavy atom. The van der Waals surface area contributed by atoms with Crippen LogP contribution >= 0.6 is 0 Å². The van der Waals surface area contributed by atoms with E-state index < -0.39 is 0 Å². The number of hydrogen-bond acceptors (Lipinski definition) is 3. The molecular weight excluding hydrogens is 246 g/mol. The number of hydrazine groups is 1. The average Bonchev–Trinajstić information content (AvgIpc) is 2.48. The highest BCUT2D eigenvalue weighted by Crippen LogP contribution is 2.18. The van der Waals surface area contributed by atoms with Gasteiger partial charge in [-0.15, -0.1) is 0 Å². The van der Waals surface area contributed by atoms with Gasteiger partial charge >= 0.3 is 0 Å². The minimum absolute atomic E-state index is 0.518. The molecule has 0 aromatic heterocycles. The van der Waals surface area contributed by atoms with Crippen LogP contribution in [0, 0.1) is 0 Å². The average molecular weight is 267 g/mol. The molecule has 0 spiro atoms. The maximum Gasteiger partial charge on any atom is 0.0569 e. The summed E-state index contributed by atoms with van der Waals surface area (Å²) in [5.74, 6) is 6.51. The number of rotatable bonds is 4. The molecule has 0 saturated heterocycles. The molecule has 0 heterocycles. The van der Waals surface area contributed by atoms with Gasteiger partial charge < -0.3 is 5.73 Å². The summed E-state index contributed by atoms with van der Waals surface area (Å²) in [4.78, 5) is 0. The summed E-state index contributed by atoms with van der Waals surface area (Å²) in [6.45, 7) is 4.34. The van der Waals surface area contributed by atoms with Crippen molar-refractivity contribution in [3.05, 3.63) is 71.9 Å². The fourth-order valence-electron chi connectivity index (χ4n) is 1.96. The number of benzene rings is 2. The van der Waals surface area contributed by atoms with E-state index in [0.29, 0.717) is 11.6 Å². The van der Waals surface area contributed by atoms with Gasteiger partial charge in [-0.1, -0.05) is 56.3 Å². The molecule has 0 unspecified atom stereocenters. The topological polar surface area (TPSA) is 55.3 Å². The normalized spacial score (nSPS) is 11.7. The van der Waals surface area contributed by atoms with E-state index in [1.807, 2.05) is 42.5 Å². The van der Waals surface area contributed by atoms with Crippen LogP contribution in [0.3, 0.4) is 0 Å².